The van der Waals surface area contributed by atoms with E-state index in [1.165, 1.54) is 7.11 Å². The second-order valence-electron chi connectivity index (χ2n) is 7.43. The summed E-state index contributed by atoms with van der Waals surface area (Å²) in [5.41, 5.74) is 4.97. The van der Waals surface area contributed by atoms with Crippen molar-refractivity contribution in [1.29, 1.82) is 0 Å². The van der Waals surface area contributed by atoms with Crippen molar-refractivity contribution >= 4 is 5.91 Å². The van der Waals surface area contributed by atoms with E-state index < -0.39 is 0 Å². The standard InChI is InChI=1S/C24H25N3O4/c1-14-12-25-15(2)21(27-14)18-8-5-7-16-11-17(31-22(16)18)13-26-24(28)19-9-6-10-20(29-3)23(19)30-4/h5-10,12,17H,11,13H2,1-4H3,(H,26,28)/t17-/m1/s1. The Kier molecular flexibility index (Phi) is 5.75. The van der Waals surface area contributed by atoms with Crippen LogP contribution in [0.1, 0.15) is 27.3 Å². The Bertz CT molecular complexity index is 1130. The molecule has 7 heteroatoms. The molecular weight excluding hydrogens is 394 g/mol. The third kappa shape index (κ3) is 4.03. The van der Waals surface area contributed by atoms with Gasteiger partial charge in [-0.05, 0) is 37.6 Å². The maximum absolute atomic E-state index is 12.8. The topological polar surface area (TPSA) is 82.6 Å². The summed E-state index contributed by atoms with van der Waals surface area (Å²) in [5.74, 6) is 1.49. The normalized spacial score (nSPS) is 14.5. The molecule has 4 rings (SSSR count). The first-order valence-corrected chi connectivity index (χ1v) is 10.1. The molecule has 0 unspecified atom stereocenters. The highest BCUT2D eigenvalue weighted by Gasteiger charge is 2.28. The molecular formula is C24H25N3O4. The lowest BCUT2D eigenvalue weighted by Crippen LogP contribution is -2.34. The number of para-hydroxylation sites is 2. The number of hydrogen-bond acceptors (Lipinski definition) is 6. The Balaban J connectivity index is 1.50. The molecule has 0 spiro atoms. The zero-order chi connectivity index (χ0) is 22.0. The van der Waals surface area contributed by atoms with Gasteiger partial charge in [0.05, 0.1) is 43.4 Å². The van der Waals surface area contributed by atoms with E-state index in [9.17, 15) is 4.79 Å². The van der Waals surface area contributed by atoms with Crippen LogP contribution < -0.4 is 19.5 Å². The summed E-state index contributed by atoms with van der Waals surface area (Å²) in [6, 6.07) is 11.3. The second-order valence-corrected chi connectivity index (χ2v) is 7.43. The molecule has 1 aliphatic heterocycles. The van der Waals surface area contributed by atoms with Crippen molar-refractivity contribution in [3.05, 3.63) is 65.1 Å². The molecule has 2 aromatic carbocycles. The second kappa shape index (κ2) is 8.63. The number of fused-ring (bicyclic) bond motifs is 1. The molecule has 0 aliphatic carbocycles. The average molecular weight is 419 g/mol. The van der Waals surface area contributed by atoms with Crippen LogP contribution in [0.2, 0.25) is 0 Å². The summed E-state index contributed by atoms with van der Waals surface area (Å²) in [5, 5.41) is 2.95. The molecule has 160 valence electrons. The van der Waals surface area contributed by atoms with Crippen LogP contribution in [-0.2, 0) is 6.42 Å². The molecule has 7 nitrogen and oxygen atoms in total. The van der Waals surface area contributed by atoms with E-state index in [0.29, 0.717) is 30.0 Å². The SMILES string of the molecule is COc1cccc(C(=O)NC[C@H]2Cc3cccc(-c4nc(C)cnc4C)c3O2)c1OC. The number of amides is 1. The number of aryl methyl sites for hydroxylation is 2. The molecule has 1 aromatic heterocycles. The monoisotopic (exact) mass is 419 g/mol. The van der Waals surface area contributed by atoms with Gasteiger partial charge in [0.2, 0.25) is 0 Å². The summed E-state index contributed by atoms with van der Waals surface area (Å²) in [7, 11) is 3.06. The van der Waals surface area contributed by atoms with Gasteiger partial charge in [-0.3, -0.25) is 9.78 Å². The lowest BCUT2D eigenvalue weighted by Gasteiger charge is -2.15. The number of carbonyl (C=O) groups is 1. The fourth-order valence-corrected chi connectivity index (χ4v) is 3.80. The molecule has 2 heterocycles. The molecule has 0 bridgehead atoms. The zero-order valence-electron chi connectivity index (χ0n) is 18.1. The van der Waals surface area contributed by atoms with Crippen LogP contribution in [0.15, 0.2) is 42.6 Å². The van der Waals surface area contributed by atoms with E-state index in [1.54, 1.807) is 31.5 Å². The summed E-state index contributed by atoms with van der Waals surface area (Å²) >= 11 is 0. The minimum Gasteiger partial charge on any atom is -0.493 e. The average Bonchev–Trinajstić information content (AvgIpc) is 3.21. The molecule has 1 atom stereocenters. The maximum Gasteiger partial charge on any atom is 0.255 e. The van der Waals surface area contributed by atoms with Crippen molar-refractivity contribution in [2.75, 3.05) is 20.8 Å². The van der Waals surface area contributed by atoms with E-state index in [2.05, 4.69) is 15.3 Å². The van der Waals surface area contributed by atoms with Gasteiger partial charge >= 0.3 is 0 Å². The smallest absolute Gasteiger partial charge is 0.255 e. The Hall–Kier alpha value is -3.61. The Morgan fingerprint density at radius 3 is 2.74 bits per heavy atom. The Labute approximate surface area is 181 Å². The first-order valence-electron chi connectivity index (χ1n) is 10.1. The van der Waals surface area contributed by atoms with Gasteiger partial charge in [0.15, 0.2) is 11.5 Å². The third-order valence-electron chi connectivity index (χ3n) is 5.30. The molecule has 1 N–H and O–H groups in total. The van der Waals surface area contributed by atoms with Gasteiger partial charge in [-0.2, -0.15) is 0 Å². The minimum atomic E-state index is -0.240. The van der Waals surface area contributed by atoms with Crippen molar-refractivity contribution in [3.8, 4) is 28.5 Å². The van der Waals surface area contributed by atoms with Gasteiger partial charge in [-0.1, -0.05) is 18.2 Å². The van der Waals surface area contributed by atoms with Crippen molar-refractivity contribution < 1.29 is 19.0 Å². The fourth-order valence-electron chi connectivity index (χ4n) is 3.80. The van der Waals surface area contributed by atoms with Crippen LogP contribution >= 0.6 is 0 Å². The number of methoxy groups -OCH3 is 2. The zero-order valence-corrected chi connectivity index (χ0v) is 18.1. The molecule has 3 aromatic rings. The van der Waals surface area contributed by atoms with E-state index in [-0.39, 0.29) is 12.0 Å². The lowest BCUT2D eigenvalue weighted by molar-refractivity contribution is 0.0930. The van der Waals surface area contributed by atoms with Gasteiger partial charge < -0.3 is 19.5 Å². The van der Waals surface area contributed by atoms with Gasteiger partial charge in [0.1, 0.15) is 11.9 Å². The Morgan fingerprint density at radius 2 is 1.97 bits per heavy atom. The van der Waals surface area contributed by atoms with E-state index in [1.807, 2.05) is 32.0 Å². The molecule has 0 fully saturated rings. The van der Waals surface area contributed by atoms with Gasteiger partial charge in [0, 0.05) is 18.2 Å². The number of ether oxygens (including phenoxy) is 3. The summed E-state index contributed by atoms with van der Waals surface area (Å²) < 4.78 is 16.9. The molecule has 1 aliphatic rings. The predicted molar refractivity (Wildman–Crippen MR) is 117 cm³/mol. The lowest BCUT2D eigenvalue weighted by atomic mass is 10.0. The van der Waals surface area contributed by atoms with Crippen molar-refractivity contribution in [3.63, 3.8) is 0 Å². The number of carbonyl (C=O) groups excluding carboxylic acids is 1. The fraction of sp³-hybridized carbons (Fsp3) is 0.292. The highest BCUT2D eigenvalue weighted by Crippen LogP contribution is 2.39. The summed E-state index contributed by atoms with van der Waals surface area (Å²) in [6.07, 6.45) is 2.29. The number of hydrogen-bond donors (Lipinski definition) is 1. The number of nitrogens with zero attached hydrogens (tertiary/aromatic N) is 2. The van der Waals surface area contributed by atoms with Gasteiger partial charge in [-0.25, -0.2) is 4.98 Å². The summed E-state index contributed by atoms with van der Waals surface area (Å²) in [4.78, 5) is 21.9. The number of nitrogens with one attached hydrogen (secondary N) is 1. The van der Waals surface area contributed by atoms with Crippen LogP contribution in [0.4, 0.5) is 0 Å². The molecule has 0 saturated carbocycles. The van der Waals surface area contributed by atoms with E-state index in [4.69, 9.17) is 14.2 Å². The van der Waals surface area contributed by atoms with Crippen molar-refractivity contribution in [2.45, 2.75) is 26.4 Å². The first-order chi connectivity index (χ1) is 15.0. The number of rotatable bonds is 6. The van der Waals surface area contributed by atoms with Gasteiger partial charge in [-0.15, -0.1) is 0 Å². The largest absolute Gasteiger partial charge is 0.493 e. The van der Waals surface area contributed by atoms with E-state index in [0.717, 1.165) is 34.0 Å². The molecule has 0 saturated heterocycles. The molecule has 0 radical (unpaired) electrons. The Morgan fingerprint density at radius 1 is 1.16 bits per heavy atom. The van der Waals surface area contributed by atoms with Crippen molar-refractivity contribution in [1.82, 2.24) is 15.3 Å². The van der Waals surface area contributed by atoms with Crippen LogP contribution in [-0.4, -0.2) is 42.7 Å². The van der Waals surface area contributed by atoms with Crippen molar-refractivity contribution in [2.24, 2.45) is 0 Å². The highest BCUT2D eigenvalue weighted by atomic mass is 16.5. The third-order valence-corrected chi connectivity index (χ3v) is 5.30. The molecule has 31 heavy (non-hydrogen) atoms. The van der Waals surface area contributed by atoms with E-state index >= 15 is 0 Å². The number of benzene rings is 2. The maximum atomic E-state index is 12.8. The van der Waals surface area contributed by atoms with Crippen LogP contribution in [0.5, 0.6) is 17.2 Å². The summed E-state index contributed by atoms with van der Waals surface area (Å²) in [6.45, 7) is 4.23. The predicted octanol–water partition coefficient (Wildman–Crippen LogP) is 3.51. The van der Waals surface area contributed by atoms with Crippen LogP contribution in [0.25, 0.3) is 11.3 Å². The molecule has 1 amide bonds. The minimum absolute atomic E-state index is 0.172. The van der Waals surface area contributed by atoms with Crippen LogP contribution in [0, 0.1) is 13.8 Å². The van der Waals surface area contributed by atoms with Crippen LogP contribution in [0.3, 0.4) is 0 Å². The van der Waals surface area contributed by atoms with Gasteiger partial charge in [0.25, 0.3) is 5.91 Å². The highest BCUT2D eigenvalue weighted by molar-refractivity contribution is 5.97. The first kappa shape index (κ1) is 20.7. The quantitative estimate of drug-likeness (QED) is 0.658. The number of aromatic nitrogens is 2.